The number of thiophene rings is 1. The number of nitrogens with zero attached hydrogens (tertiary/aromatic N) is 2. The Morgan fingerprint density at radius 3 is 2.84 bits per heavy atom. The summed E-state index contributed by atoms with van der Waals surface area (Å²) in [5.74, 6) is 0.453. The third-order valence-corrected chi connectivity index (χ3v) is 4.08. The highest BCUT2D eigenvalue weighted by atomic mass is 32.1. The fourth-order valence-corrected chi connectivity index (χ4v) is 3.10. The van der Waals surface area contributed by atoms with E-state index in [0.29, 0.717) is 23.0 Å². The first-order valence-corrected chi connectivity index (χ1v) is 7.28. The van der Waals surface area contributed by atoms with E-state index in [1.807, 2.05) is 24.0 Å². The number of nitrogen functional groups attached to an aromatic ring is 1. The van der Waals surface area contributed by atoms with Crippen molar-refractivity contribution in [3.05, 3.63) is 23.2 Å². The van der Waals surface area contributed by atoms with Gasteiger partial charge >= 0.3 is 0 Å². The van der Waals surface area contributed by atoms with Crippen molar-refractivity contribution in [2.24, 2.45) is 5.92 Å². The van der Waals surface area contributed by atoms with Crippen LogP contribution in [0.4, 0.5) is 5.69 Å². The fraction of sp³-hybridized carbons (Fsp3) is 0.429. The first-order chi connectivity index (χ1) is 9.04. The Morgan fingerprint density at radius 1 is 1.53 bits per heavy atom. The molecule has 19 heavy (non-hydrogen) atoms. The number of rotatable bonds is 4. The zero-order valence-electron chi connectivity index (χ0n) is 11.5. The molecule has 4 nitrogen and oxygen atoms in total. The van der Waals surface area contributed by atoms with Gasteiger partial charge in [0.15, 0.2) is 0 Å². The van der Waals surface area contributed by atoms with Crippen LogP contribution in [0.25, 0.3) is 10.2 Å². The van der Waals surface area contributed by atoms with Crippen molar-refractivity contribution in [2.75, 3.05) is 18.8 Å². The smallest absolute Gasteiger partial charge is 0.266 e. The molecule has 0 bridgehead atoms. The highest BCUT2D eigenvalue weighted by Crippen LogP contribution is 2.32. The van der Waals surface area contributed by atoms with Crippen LogP contribution in [-0.2, 0) is 0 Å². The molecule has 2 heterocycles. The first-order valence-electron chi connectivity index (χ1n) is 6.46. The van der Waals surface area contributed by atoms with E-state index in [9.17, 15) is 4.79 Å². The monoisotopic (exact) mass is 277 g/mol. The SMILES string of the molecule is CCN(CC(C)C)C(=O)c1sc2cccnc2c1N. The summed E-state index contributed by atoms with van der Waals surface area (Å²) in [6, 6.07) is 3.80. The molecule has 0 saturated carbocycles. The Bertz CT molecular complexity index is 591. The summed E-state index contributed by atoms with van der Waals surface area (Å²) in [5, 5.41) is 0. The number of hydrogen-bond acceptors (Lipinski definition) is 4. The van der Waals surface area contributed by atoms with Gasteiger partial charge in [-0.25, -0.2) is 0 Å². The van der Waals surface area contributed by atoms with Gasteiger partial charge < -0.3 is 10.6 Å². The summed E-state index contributed by atoms with van der Waals surface area (Å²) in [6.45, 7) is 7.63. The van der Waals surface area contributed by atoms with Gasteiger partial charge in [-0.2, -0.15) is 0 Å². The standard InChI is InChI=1S/C14H19N3OS/c1-4-17(8-9(2)3)14(18)13-11(15)12-10(19-13)6-5-7-16-12/h5-7,9H,4,8,15H2,1-3H3. The lowest BCUT2D eigenvalue weighted by atomic mass is 10.2. The van der Waals surface area contributed by atoms with Gasteiger partial charge in [0.2, 0.25) is 0 Å². The molecule has 1 amide bonds. The van der Waals surface area contributed by atoms with Crippen molar-refractivity contribution >= 4 is 33.1 Å². The van der Waals surface area contributed by atoms with Gasteiger partial charge in [-0.15, -0.1) is 11.3 Å². The van der Waals surface area contributed by atoms with Crippen molar-refractivity contribution in [1.82, 2.24) is 9.88 Å². The number of aromatic nitrogens is 1. The number of carbonyl (C=O) groups is 1. The van der Waals surface area contributed by atoms with Crippen LogP contribution in [0.3, 0.4) is 0 Å². The normalized spacial score (nSPS) is 11.2. The summed E-state index contributed by atoms with van der Waals surface area (Å²) in [6.07, 6.45) is 1.70. The Kier molecular flexibility index (Phi) is 4.04. The molecule has 5 heteroatoms. The van der Waals surface area contributed by atoms with Gasteiger partial charge in [0.05, 0.1) is 10.4 Å². The lowest BCUT2D eigenvalue weighted by Gasteiger charge is -2.22. The van der Waals surface area contributed by atoms with Gasteiger partial charge in [0, 0.05) is 19.3 Å². The van der Waals surface area contributed by atoms with Crippen LogP contribution < -0.4 is 5.73 Å². The zero-order valence-corrected chi connectivity index (χ0v) is 12.3. The van der Waals surface area contributed by atoms with E-state index < -0.39 is 0 Å². The topological polar surface area (TPSA) is 59.2 Å². The second-order valence-electron chi connectivity index (χ2n) is 4.93. The van der Waals surface area contributed by atoms with Crippen molar-refractivity contribution < 1.29 is 4.79 Å². The first kappa shape index (κ1) is 13.8. The van der Waals surface area contributed by atoms with Crippen molar-refractivity contribution in [3.63, 3.8) is 0 Å². The van der Waals surface area contributed by atoms with Gasteiger partial charge in [0.1, 0.15) is 10.4 Å². The number of nitrogens with two attached hydrogens (primary N) is 1. The minimum atomic E-state index is 0.0108. The Hall–Kier alpha value is -1.62. The molecule has 0 aliphatic carbocycles. The molecule has 0 atom stereocenters. The van der Waals surface area contributed by atoms with E-state index in [4.69, 9.17) is 5.73 Å². The quantitative estimate of drug-likeness (QED) is 0.934. The van der Waals surface area contributed by atoms with E-state index in [0.717, 1.165) is 16.8 Å². The molecule has 0 unspecified atom stereocenters. The molecule has 0 radical (unpaired) electrons. The maximum Gasteiger partial charge on any atom is 0.266 e. The average molecular weight is 277 g/mol. The number of pyridine rings is 1. The number of fused-ring (bicyclic) bond motifs is 1. The maximum absolute atomic E-state index is 12.5. The Balaban J connectivity index is 2.37. The minimum absolute atomic E-state index is 0.0108. The summed E-state index contributed by atoms with van der Waals surface area (Å²) in [4.78, 5) is 19.2. The second kappa shape index (κ2) is 5.57. The van der Waals surface area contributed by atoms with Crippen LogP contribution in [0.5, 0.6) is 0 Å². The molecular formula is C14H19N3OS. The summed E-state index contributed by atoms with van der Waals surface area (Å²) < 4.78 is 0.962. The van der Waals surface area contributed by atoms with Crippen LogP contribution in [0.1, 0.15) is 30.4 Å². The van der Waals surface area contributed by atoms with Crippen LogP contribution in [0.15, 0.2) is 18.3 Å². The molecule has 0 aliphatic rings. The third-order valence-electron chi connectivity index (χ3n) is 2.93. The molecule has 0 spiro atoms. The number of hydrogen-bond donors (Lipinski definition) is 1. The Morgan fingerprint density at radius 2 is 2.26 bits per heavy atom. The van der Waals surface area contributed by atoms with Crippen molar-refractivity contribution in [1.29, 1.82) is 0 Å². The minimum Gasteiger partial charge on any atom is -0.396 e. The van der Waals surface area contributed by atoms with E-state index in [1.165, 1.54) is 11.3 Å². The number of anilines is 1. The lowest BCUT2D eigenvalue weighted by Crippen LogP contribution is -2.33. The highest BCUT2D eigenvalue weighted by Gasteiger charge is 2.22. The molecular weight excluding hydrogens is 258 g/mol. The van der Waals surface area contributed by atoms with E-state index in [2.05, 4.69) is 18.8 Å². The predicted octanol–water partition coefficient (Wildman–Crippen LogP) is 3.00. The molecule has 2 N–H and O–H groups in total. The van der Waals surface area contributed by atoms with Crippen molar-refractivity contribution in [2.45, 2.75) is 20.8 Å². The lowest BCUT2D eigenvalue weighted by molar-refractivity contribution is 0.0751. The third kappa shape index (κ3) is 2.71. The predicted molar refractivity (Wildman–Crippen MR) is 80.4 cm³/mol. The van der Waals surface area contributed by atoms with Crippen LogP contribution in [-0.4, -0.2) is 28.9 Å². The van der Waals surface area contributed by atoms with Crippen LogP contribution in [0, 0.1) is 5.92 Å². The molecule has 0 saturated heterocycles. The summed E-state index contributed by atoms with van der Waals surface area (Å²) >= 11 is 1.42. The molecule has 2 rings (SSSR count). The van der Waals surface area contributed by atoms with Crippen molar-refractivity contribution in [3.8, 4) is 0 Å². The molecule has 2 aromatic rings. The zero-order chi connectivity index (χ0) is 14.0. The van der Waals surface area contributed by atoms with E-state index >= 15 is 0 Å². The van der Waals surface area contributed by atoms with Gasteiger partial charge in [-0.05, 0) is 25.0 Å². The van der Waals surface area contributed by atoms with Gasteiger partial charge in [-0.3, -0.25) is 9.78 Å². The largest absolute Gasteiger partial charge is 0.396 e. The highest BCUT2D eigenvalue weighted by molar-refractivity contribution is 7.21. The summed E-state index contributed by atoms with van der Waals surface area (Å²) in [5.41, 5.74) is 7.30. The maximum atomic E-state index is 12.5. The summed E-state index contributed by atoms with van der Waals surface area (Å²) in [7, 11) is 0. The van der Waals surface area contributed by atoms with Crippen LogP contribution >= 0.6 is 11.3 Å². The molecule has 0 aromatic carbocycles. The van der Waals surface area contributed by atoms with Crippen LogP contribution in [0.2, 0.25) is 0 Å². The average Bonchev–Trinajstić information content (AvgIpc) is 2.73. The molecule has 102 valence electrons. The number of carbonyl (C=O) groups excluding carboxylic acids is 1. The van der Waals surface area contributed by atoms with Gasteiger partial charge in [0.25, 0.3) is 5.91 Å². The number of amides is 1. The second-order valence-corrected chi connectivity index (χ2v) is 5.98. The molecule has 2 aromatic heterocycles. The molecule has 0 fully saturated rings. The molecule has 0 aliphatic heterocycles. The Labute approximate surface area is 117 Å². The van der Waals surface area contributed by atoms with Gasteiger partial charge in [-0.1, -0.05) is 13.8 Å². The van der Waals surface area contributed by atoms with E-state index in [1.54, 1.807) is 6.20 Å². The fourth-order valence-electron chi connectivity index (χ4n) is 2.05. The van der Waals surface area contributed by atoms with E-state index in [-0.39, 0.29) is 5.91 Å².